The van der Waals surface area contributed by atoms with Crippen molar-refractivity contribution in [2.75, 3.05) is 33.7 Å². The first-order valence-electron chi connectivity index (χ1n) is 9.65. The molecule has 1 saturated heterocycles. The lowest BCUT2D eigenvalue weighted by Crippen LogP contribution is -2.63. The van der Waals surface area contributed by atoms with Gasteiger partial charge in [0.25, 0.3) is 0 Å². The molecular weight excluding hydrogens is 320 g/mol. The van der Waals surface area contributed by atoms with Crippen LogP contribution >= 0.6 is 0 Å². The van der Waals surface area contributed by atoms with Crippen molar-refractivity contribution in [3.8, 4) is 0 Å². The van der Waals surface area contributed by atoms with Crippen molar-refractivity contribution in [2.24, 2.45) is 5.92 Å². The minimum atomic E-state index is 0.703. The van der Waals surface area contributed by atoms with Crippen molar-refractivity contribution in [1.29, 1.82) is 0 Å². The fourth-order valence-electron chi connectivity index (χ4n) is 4.50. The van der Waals surface area contributed by atoms with E-state index in [9.17, 15) is 0 Å². The number of hydrogen-bond donors (Lipinski definition) is 0. The molecule has 0 bridgehead atoms. The van der Waals surface area contributed by atoms with Crippen LogP contribution in [0.2, 0.25) is 0 Å². The lowest BCUT2D eigenvalue weighted by atomic mass is 9.96. The zero-order chi connectivity index (χ0) is 18.0. The zero-order valence-corrected chi connectivity index (χ0v) is 15.9. The smallest absolute Gasteiger partial charge is 0.129 e. The number of rotatable bonds is 5. The lowest BCUT2D eigenvalue weighted by Gasteiger charge is -2.43. The van der Waals surface area contributed by atoms with Gasteiger partial charge in [-0.1, -0.05) is 48.5 Å². The molecule has 2 heterocycles. The maximum atomic E-state index is 4.99. The van der Waals surface area contributed by atoms with Crippen molar-refractivity contribution >= 4 is 10.9 Å². The van der Waals surface area contributed by atoms with Gasteiger partial charge in [-0.25, -0.2) is 0 Å². The highest BCUT2D eigenvalue weighted by Crippen LogP contribution is 2.26. The Bertz CT molecular complexity index is 822. The molecule has 4 rings (SSSR count). The highest BCUT2D eigenvalue weighted by Gasteiger charge is 2.38. The van der Waals surface area contributed by atoms with Crippen LogP contribution in [0, 0.1) is 5.92 Å². The summed E-state index contributed by atoms with van der Waals surface area (Å²) >= 11 is 0. The molecule has 0 amide bonds. The minimum Gasteiger partial charge on any atom is -0.309 e. The minimum absolute atomic E-state index is 0.703. The summed E-state index contributed by atoms with van der Waals surface area (Å²) in [7, 11) is 4.37. The highest BCUT2D eigenvalue weighted by atomic mass is 15.8. The number of likely N-dealkylation sites (tertiary alicyclic amines) is 1. The third-order valence-corrected chi connectivity index (χ3v) is 5.56. The van der Waals surface area contributed by atoms with E-state index >= 15 is 0 Å². The van der Waals surface area contributed by atoms with Crippen LogP contribution in [0.4, 0.5) is 0 Å². The van der Waals surface area contributed by atoms with Crippen LogP contribution in [-0.2, 0) is 6.54 Å². The Hall–Kier alpha value is -2.17. The molecule has 2 aromatic carbocycles. The Balaban J connectivity index is 1.73. The molecular formula is C22H29N4+. The Morgan fingerprint density at radius 3 is 2.62 bits per heavy atom. The number of aromatic nitrogens is 2. The number of nitrogens with zero attached hydrogens (tertiary/aromatic N) is 4. The molecule has 0 N–H and O–H groups in total. The van der Waals surface area contributed by atoms with Crippen LogP contribution in [0.5, 0.6) is 0 Å². The standard InChI is InChI=1S/C22H29N4/c1-24(2)15-20-11-8-14-26(18-20,17-19-9-4-3-5-10-19)25-16-21-12-6-7-13-22(21)23-25/h3-7,9-10,12-13,16,20H,8,11,14-15,17-18H2,1-2H3/q+1. The van der Waals surface area contributed by atoms with Crippen molar-refractivity contribution in [1.82, 2.24) is 19.4 Å². The first-order valence-corrected chi connectivity index (χ1v) is 9.65. The average molecular weight is 350 g/mol. The van der Waals surface area contributed by atoms with Gasteiger partial charge in [0.05, 0.1) is 11.7 Å². The molecule has 136 valence electrons. The molecule has 4 nitrogen and oxygen atoms in total. The number of piperidine rings is 1. The topological polar surface area (TPSA) is 21.1 Å². The SMILES string of the molecule is CN(C)CC1CCC[N+](Cc2ccccc2)(n2cc3ccccc3n2)C1. The van der Waals surface area contributed by atoms with Gasteiger partial charge in [-0.2, -0.15) is 4.59 Å². The zero-order valence-electron chi connectivity index (χ0n) is 15.9. The number of quaternary nitrogens is 1. The summed E-state index contributed by atoms with van der Waals surface area (Å²) < 4.78 is 0.900. The summed E-state index contributed by atoms with van der Waals surface area (Å²) in [5, 5.41) is 6.22. The van der Waals surface area contributed by atoms with E-state index < -0.39 is 0 Å². The molecule has 1 fully saturated rings. The van der Waals surface area contributed by atoms with Crippen LogP contribution in [0.25, 0.3) is 10.9 Å². The van der Waals surface area contributed by atoms with Crippen molar-refractivity contribution < 1.29 is 0 Å². The van der Waals surface area contributed by atoms with E-state index in [2.05, 4.69) is 84.6 Å². The molecule has 2 atom stereocenters. The normalized spacial score (nSPS) is 23.6. The Morgan fingerprint density at radius 1 is 1.08 bits per heavy atom. The molecule has 0 spiro atoms. The summed E-state index contributed by atoms with van der Waals surface area (Å²) in [6.07, 6.45) is 4.81. The van der Waals surface area contributed by atoms with E-state index in [1.165, 1.54) is 23.8 Å². The van der Waals surface area contributed by atoms with Crippen molar-refractivity contribution in [2.45, 2.75) is 19.4 Å². The molecule has 0 aliphatic carbocycles. The first kappa shape index (κ1) is 17.3. The van der Waals surface area contributed by atoms with Gasteiger partial charge >= 0.3 is 0 Å². The van der Waals surface area contributed by atoms with E-state index in [1.807, 2.05) is 0 Å². The summed E-state index contributed by atoms with van der Waals surface area (Å²) in [5.74, 6) is 0.703. The Kier molecular flexibility index (Phi) is 4.79. The van der Waals surface area contributed by atoms with Crippen LogP contribution in [0.15, 0.2) is 60.8 Å². The number of benzene rings is 2. The van der Waals surface area contributed by atoms with Gasteiger partial charge in [-0.3, -0.25) is 0 Å². The monoisotopic (exact) mass is 349 g/mol. The second-order valence-electron chi connectivity index (χ2n) is 8.02. The van der Waals surface area contributed by atoms with E-state index in [0.29, 0.717) is 5.92 Å². The van der Waals surface area contributed by atoms with Gasteiger partial charge in [0.15, 0.2) is 0 Å². The average Bonchev–Trinajstić information content (AvgIpc) is 3.07. The van der Waals surface area contributed by atoms with Crippen molar-refractivity contribution in [3.05, 3.63) is 66.4 Å². The fraction of sp³-hybridized carbons (Fsp3) is 0.409. The van der Waals surface area contributed by atoms with Crippen molar-refractivity contribution in [3.63, 3.8) is 0 Å². The second-order valence-corrected chi connectivity index (χ2v) is 8.02. The first-order chi connectivity index (χ1) is 12.6. The van der Waals surface area contributed by atoms with Crippen LogP contribution < -0.4 is 4.59 Å². The largest absolute Gasteiger partial charge is 0.309 e. The third kappa shape index (κ3) is 3.53. The second kappa shape index (κ2) is 7.22. The van der Waals surface area contributed by atoms with Gasteiger partial charge in [-0.15, -0.1) is 9.89 Å². The molecule has 1 aliphatic rings. The Labute approximate surface area is 156 Å². The number of hydrogen-bond acceptors (Lipinski definition) is 2. The van der Waals surface area contributed by atoms with Crippen LogP contribution in [0.3, 0.4) is 0 Å². The van der Waals surface area contributed by atoms with E-state index in [0.717, 1.165) is 36.3 Å². The molecule has 0 radical (unpaired) electrons. The van der Waals surface area contributed by atoms with Gasteiger partial charge in [0.1, 0.15) is 19.6 Å². The van der Waals surface area contributed by atoms with Gasteiger partial charge in [-0.05, 0) is 33.0 Å². The molecule has 4 heteroatoms. The molecule has 0 saturated carbocycles. The molecule has 1 aromatic heterocycles. The predicted octanol–water partition coefficient (Wildman–Crippen LogP) is 3.65. The van der Waals surface area contributed by atoms with Gasteiger partial charge < -0.3 is 4.90 Å². The summed E-state index contributed by atoms with van der Waals surface area (Å²) in [6, 6.07) is 19.3. The van der Waals surface area contributed by atoms with Gasteiger partial charge in [0.2, 0.25) is 0 Å². The maximum Gasteiger partial charge on any atom is 0.129 e. The van der Waals surface area contributed by atoms with Crippen LogP contribution in [0.1, 0.15) is 18.4 Å². The lowest BCUT2D eigenvalue weighted by molar-refractivity contribution is 0.0306. The van der Waals surface area contributed by atoms with E-state index in [-0.39, 0.29) is 0 Å². The van der Waals surface area contributed by atoms with E-state index in [4.69, 9.17) is 5.10 Å². The summed E-state index contributed by atoms with van der Waals surface area (Å²) in [5.41, 5.74) is 2.48. The molecule has 1 aliphatic heterocycles. The molecule has 26 heavy (non-hydrogen) atoms. The third-order valence-electron chi connectivity index (χ3n) is 5.56. The fourth-order valence-corrected chi connectivity index (χ4v) is 4.50. The maximum absolute atomic E-state index is 4.99. The molecule has 2 unspecified atom stereocenters. The van der Waals surface area contributed by atoms with Gasteiger partial charge in [0, 0.05) is 23.4 Å². The van der Waals surface area contributed by atoms with Crippen LogP contribution in [-0.4, -0.2) is 48.5 Å². The summed E-state index contributed by atoms with van der Waals surface area (Å²) in [6.45, 7) is 4.43. The summed E-state index contributed by atoms with van der Waals surface area (Å²) in [4.78, 5) is 4.58. The Morgan fingerprint density at radius 2 is 1.85 bits per heavy atom. The highest BCUT2D eigenvalue weighted by molar-refractivity contribution is 5.77. The number of fused-ring (bicyclic) bond motifs is 1. The molecule has 3 aromatic rings. The predicted molar refractivity (Wildman–Crippen MR) is 108 cm³/mol. The van der Waals surface area contributed by atoms with E-state index in [1.54, 1.807) is 0 Å². The quantitative estimate of drug-likeness (QED) is 0.656.